The molecule has 3 nitrogen and oxygen atoms in total. The van der Waals surface area contributed by atoms with Crippen molar-refractivity contribution in [3.63, 3.8) is 0 Å². The number of unbranched alkanes of at least 4 members (excludes halogenated alkanes) is 3. The Kier molecular flexibility index (Phi) is 6.07. The molecule has 0 saturated carbocycles. The molecule has 1 heterocycles. The van der Waals surface area contributed by atoms with Crippen LogP contribution >= 0.6 is 0 Å². The lowest BCUT2D eigenvalue weighted by atomic mass is 10.2. The van der Waals surface area contributed by atoms with Crippen molar-refractivity contribution >= 4 is 5.69 Å². The highest BCUT2D eigenvalue weighted by Gasteiger charge is 1.94. The Labute approximate surface area is 97.5 Å². The van der Waals surface area contributed by atoms with Crippen LogP contribution in [0.15, 0.2) is 31.0 Å². The second-order valence-electron chi connectivity index (χ2n) is 3.65. The molecule has 0 amide bonds. The minimum Gasteiger partial charge on any atom is -0.481 e. The molecule has 16 heavy (non-hydrogen) atoms. The number of nitrogens with one attached hydrogen (secondary N) is 1. The van der Waals surface area contributed by atoms with Gasteiger partial charge in [0.15, 0.2) is 0 Å². The summed E-state index contributed by atoms with van der Waals surface area (Å²) in [6.45, 7) is 4.70. The highest BCUT2D eigenvalue weighted by molar-refractivity contribution is 5.41. The summed E-state index contributed by atoms with van der Waals surface area (Å²) >= 11 is 0. The van der Waals surface area contributed by atoms with Gasteiger partial charge in [-0.3, -0.25) is 0 Å². The van der Waals surface area contributed by atoms with Crippen LogP contribution in [0.2, 0.25) is 0 Å². The summed E-state index contributed by atoms with van der Waals surface area (Å²) in [5, 5.41) is 3.33. The Hall–Kier alpha value is -1.51. The van der Waals surface area contributed by atoms with Crippen LogP contribution in [-0.2, 0) is 0 Å². The first kappa shape index (κ1) is 12.6. The average Bonchev–Trinajstić information content (AvgIpc) is 2.34. The van der Waals surface area contributed by atoms with E-state index in [4.69, 9.17) is 4.74 Å². The molecule has 0 aliphatic heterocycles. The highest BCUT2D eigenvalue weighted by atomic mass is 16.5. The van der Waals surface area contributed by atoms with Gasteiger partial charge in [-0.25, -0.2) is 4.98 Å². The second-order valence-corrected chi connectivity index (χ2v) is 3.65. The van der Waals surface area contributed by atoms with Crippen LogP contribution in [-0.4, -0.2) is 18.6 Å². The zero-order valence-electron chi connectivity index (χ0n) is 9.91. The first-order chi connectivity index (χ1) is 7.86. The van der Waals surface area contributed by atoms with Gasteiger partial charge < -0.3 is 10.1 Å². The van der Waals surface area contributed by atoms with Gasteiger partial charge in [0.2, 0.25) is 5.88 Å². The first-order valence-electron chi connectivity index (χ1n) is 5.71. The van der Waals surface area contributed by atoms with E-state index >= 15 is 0 Å². The number of hydrogen-bond acceptors (Lipinski definition) is 3. The van der Waals surface area contributed by atoms with E-state index in [2.05, 4.69) is 16.9 Å². The van der Waals surface area contributed by atoms with E-state index in [9.17, 15) is 0 Å². The van der Waals surface area contributed by atoms with Gasteiger partial charge in [0.25, 0.3) is 0 Å². The number of anilines is 1. The fourth-order valence-electron chi connectivity index (χ4n) is 1.43. The summed E-state index contributed by atoms with van der Waals surface area (Å²) in [5.41, 5.74) is 1.05. The number of aromatic nitrogens is 1. The third-order valence-electron chi connectivity index (χ3n) is 2.36. The van der Waals surface area contributed by atoms with E-state index in [0.29, 0.717) is 5.88 Å². The molecule has 88 valence electrons. The van der Waals surface area contributed by atoms with Crippen molar-refractivity contribution in [3.8, 4) is 5.88 Å². The summed E-state index contributed by atoms with van der Waals surface area (Å²) in [7, 11) is 1.62. The van der Waals surface area contributed by atoms with Crippen molar-refractivity contribution in [2.24, 2.45) is 0 Å². The molecule has 0 aliphatic rings. The number of nitrogens with zero attached hydrogens (tertiary/aromatic N) is 1. The van der Waals surface area contributed by atoms with Crippen molar-refractivity contribution in [2.45, 2.75) is 25.7 Å². The molecular weight excluding hydrogens is 200 g/mol. The molecule has 1 aromatic heterocycles. The molecule has 1 N–H and O–H groups in total. The zero-order valence-corrected chi connectivity index (χ0v) is 9.91. The third-order valence-corrected chi connectivity index (χ3v) is 2.36. The summed E-state index contributed by atoms with van der Waals surface area (Å²) in [6, 6.07) is 3.84. The van der Waals surface area contributed by atoms with Crippen LogP contribution in [0.3, 0.4) is 0 Å². The lowest BCUT2D eigenvalue weighted by molar-refractivity contribution is 0.398. The molecular formula is C13H20N2O. The van der Waals surface area contributed by atoms with Crippen molar-refractivity contribution in [2.75, 3.05) is 19.0 Å². The van der Waals surface area contributed by atoms with Gasteiger partial charge in [-0.15, -0.1) is 6.58 Å². The summed E-state index contributed by atoms with van der Waals surface area (Å²) < 4.78 is 4.99. The lowest BCUT2D eigenvalue weighted by Gasteiger charge is -2.06. The van der Waals surface area contributed by atoms with Gasteiger partial charge in [0.1, 0.15) is 0 Å². The summed E-state index contributed by atoms with van der Waals surface area (Å²) in [6.07, 6.45) is 8.53. The van der Waals surface area contributed by atoms with Crippen LogP contribution in [0.5, 0.6) is 5.88 Å². The SMILES string of the molecule is C=CCCCCCNc1ccc(OC)nc1. The number of allylic oxidation sites excluding steroid dienone is 1. The second kappa shape index (κ2) is 7.74. The molecule has 0 aromatic carbocycles. The minimum atomic E-state index is 0.650. The van der Waals surface area contributed by atoms with Crippen molar-refractivity contribution in [3.05, 3.63) is 31.0 Å². The van der Waals surface area contributed by atoms with Crippen LogP contribution in [0, 0.1) is 0 Å². The molecule has 1 rings (SSSR count). The first-order valence-corrected chi connectivity index (χ1v) is 5.71. The summed E-state index contributed by atoms with van der Waals surface area (Å²) in [5.74, 6) is 0.650. The lowest BCUT2D eigenvalue weighted by Crippen LogP contribution is -2.01. The zero-order chi connectivity index (χ0) is 11.6. The van der Waals surface area contributed by atoms with E-state index in [1.54, 1.807) is 13.3 Å². The van der Waals surface area contributed by atoms with Crippen molar-refractivity contribution < 1.29 is 4.74 Å². The van der Waals surface area contributed by atoms with Crippen LogP contribution < -0.4 is 10.1 Å². The Balaban J connectivity index is 2.14. The fourth-order valence-corrected chi connectivity index (χ4v) is 1.43. The standard InChI is InChI=1S/C13H20N2O/c1-3-4-5-6-7-10-14-12-8-9-13(16-2)15-11-12/h3,8-9,11,14H,1,4-7,10H2,2H3. The molecule has 0 spiro atoms. The largest absolute Gasteiger partial charge is 0.481 e. The van der Waals surface area contributed by atoms with Gasteiger partial charge in [0, 0.05) is 12.6 Å². The number of pyridine rings is 1. The smallest absolute Gasteiger partial charge is 0.213 e. The Bertz CT molecular complexity index is 295. The predicted octanol–water partition coefficient (Wildman–Crippen LogP) is 3.25. The number of hydrogen-bond donors (Lipinski definition) is 1. The topological polar surface area (TPSA) is 34.1 Å². The van der Waals surface area contributed by atoms with Crippen molar-refractivity contribution in [1.29, 1.82) is 0 Å². The maximum Gasteiger partial charge on any atom is 0.213 e. The Morgan fingerprint density at radius 2 is 2.25 bits per heavy atom. The molecule has 0 fully saturated rings. The van der Waals surface area contributed by atoms with E-state index in [1.165, 1.54) is 19.3 Å². The molecule has 0 radical (unpaired) electrons. The summed E-state index contributed by atoms with van der Waals surface area (Å²) in [4.78, 5) is 4.13. The number of rotatable bonds is 8. The van der Waals surface area contributed by atoms with E-state index < -0.39 is 0 Å². The number of ether oxygens (including phenoxy) is 1. The normalized spacial score (nSPS) is 9.81. The molecule has 0 atom stereocenters. The molecule has 0 aliphatic carbocycles. The molecule has 0 saturated heterocycles. The van der Waals surface area contributed by atoms with Crippen LogP contribution in [0.1, 0.15) is 25.7 Å². The third kappa shape index (κ3) is 4.82. The van der Waals surface area contributed by atoms with E-state index in [1.807, 2.05) is 18.2 Å². The quantitative estimate of drug-likeness (QED) is 0.539. The van der Waals surface area contributed by atoms with Gasteiger partial charge in [0.05, 0.1) is 19.0 Å². The van der Waals surface area contributed by atoms with Gasteiger partial charge in [-0.1, -0.05) is 12.5 Å². The highest BCUT2D eigenvalue weighted by Crippen LogP contribution is 2.11. The van der Waals surface area contributed by atoms with Crippen LogP contribution in [0.25, 0.3) is 0 Å². The maximum atomic E-state index is 4.99. The fraction of sp³-hybridized carbons (Fsp3) is 0.462. The van der Waals surface area contributed by atoms with Gasteiger partial charge in [-0.2, -0.15) is 0 Å². The molecule has 3 heteroatoms. The van der Waals surface area contributed by atoms with Crippen LogP contribution in [0.4, 0.5) is 5.69 Å². The molecule has 0 unspecified atom stereocenters. The number of methoxy groups -OCH3 is 1. The van der Waals surface area contributed by atoms with E-state index in [-0.39, 0.29) is 0 Å². The average molecular weight is 220 g/mol. The Morgan fingerprint density at radius 3 is 2.88 bits per heavy atom. The molecule has 0 bridgehead atoms. The van der Waals surface area contributed by atoms with Gasteiger partial charge >= 0.3 is 0 Å². The Morgan fingerprint density at radius 1 is 1.38 bits per heavy atom. The van der Waals surface area contributed by atoms with Gasteiger partial charge in [-0.05, 0) is 25.3 Å². The van der Waals surface area contributed by atoms with Crippen molar-refractivity contribution in [1.82, 2.24) is 4.98 Å². The molecule has 1 aromatic rings. The predicted molar refractivity (Wildman–Crippen MR) is 67.9 cm³/mol. The minimum absolute atomic E-state index is 0.650. The monoisotopic (exact) mass is 220 g/mol. The maximum absolute atomic E-state index is 4.99. The van der Waals surface area contributed by atoms with E-state index in [0.717, 1.165) is 18.7 Å².